The molecule has 2 aliphatic rings. The van der Waals surface area contributed by atoms with E-state index in [0.717, 1.165) is 17.2 Å². The van der Waals surface area contributed by atoms with Crippen LogP contribution in [0.1, 0.15) is 4.88 Å². The van der Waals surface area contributed by atoms with Gasteiger partial charge >= 0.3 is 0 Å². The summed E-state index contributed by atoms with van der Waals surface area (Å²) in [4.78, 5) is 26.3. The molecule has 0 bridgehead atoms. The van der Waals surface area contributed by atoms with Gasteiger partial charge < -0.3 is 14.5 Å². The molecule has 0 N–H and O–H groups in total. The van der Waals surface area contributed by atoms with Gasteiger partial charge in [0.2, 0.25) is 5.91 Å². The molecular formula is C16H18N4O2S. The number of carbonyl (C=O) groups excluding carboxylic acids is 1. The van der Waals surface area contributed by atoms with Gasteiger partial charge in [-0.3, -0.25) is 9.78 Å². The highest BCUT2D eigenvalue weighted by molar-refractivity contribution is 7.10. The summed E-state index contributed by atoms with van der Waals surface area (Å²) < 4.78 is 5.89. The highest BCUT2D eigenvalue weighted by Gasteiger charge is 2.42. The normalized spacial score (nSPS) is 23.8. The molecule has 0 aliphatic carbocycles. The maximum atomic E-state index is 12.5. The fraction of sp³-hybridized carbons (Fsp3) is 0.438. The first-order valence-electron chi connectivity index (χ1n) is 7.75. The number of fused-ring (bicyclic) bond motifs is 1. The van der Waals surface area contributed by atoms with E-state index < -0.39 is 0 Å². The van der Waals surface area contributed by atoms with Crippen molar-refractivity contribution < 1.29 is 9.53 Å². The van der Waals surface area contributed by atoms with E-state index in [0.29, 0.717) is 26.1 Å². The van der Waals surface area contributed by atoms with E-state index in [1.54, 1.807) is 29.9 Å². The number of likely N-dealkylation sites (tertiary alicyclic amines) is 1. The molecule has 120 valence electrons. The molecule has 2 saturated heterocycles. The summed E-state index contributed by atoms with van der Waals surface area (Å²) >= 11 is 1.63. The number of morpholine rings is 1. The van der Waals surface area contributed by atoms with E-state index in [4.69, 9.17) is 4.74 Å². The van der Waals surface area contributed by atoms with Crippen LogP contribution in [0.4, 0.5) is 5.82 Å². The van der Waals surface area contributed by atoms with E-state index in [9.17, 15) is 4.79 Å². The van der Waals surface area contributed by atoms with Crippen LogP contribution >= 0.6 is 11.3 Å². The van der Waals surface area contributed by atoms with Gasteiger partial charge in [-0.1, -0.05) is 6.07 Å². The lowest BCUT2D eigenvalue weighted by Gasteiger charge is -2.37. The number of ether oxygens (including phenoxy) is 1. The Labute approximate surface area is 138 Å². The quantitative estimate of drug-likeness (QED) is 0.846. The maximum Gasteiger partial charge on any atom is 0.227 e. The van der Waals surface area contributed by atoms with Gasteiger partial charge in [-0.2, -0.15) is 0 Å². The van der Waals surface area contributed by atoms with Gasteiger partial charge in [-0.25, -0.2) is 4.98 Å². The Balaban J connectivity index is 1.47. The first-order valence-corrected chi connectivity index (χ1v) is 8.63. The van der Waals surface area contributed by atoms with Crippen LogP contribution in [0.5, 0.6) is 0 Å². The smallest absolute Gasteiger partial charge is 0.227 e. The summed E-state index contributed by atoms with van der Waals surface area (Å²) in [5, 5.41) is 2.01. The Morgan fingerprint density at radius 1 is 1.39 bits per heavy atom. The highest BCUT2D eigenvalue weighted by atomic mass is 32.1. The van der Waals surface area contributed by atoms with Gasteiger partial charge in [0.15, 0.2) is 0 Å². The van der Waals surface area contributed by atoms with Crippen molar-refractivity contribution in [3.63, 3.8) is 0 Å². The van der Waals surface area contributed by atoms with Crippen LogP contribution < -0.4 is 4.90 Å². The minimum Gasteiger partial charge on any atom is -0.372 e. The van der Waals surface area contributed by atoms with E-state index in [2.05, 4.69) is 14.9 Å². The minimum absolute atomic E-state index is 0.0537. The number of anilines is 1. The fourth-order valence-corrected chi connectivity index (χ4v) is 3.99. The molecule has 0 unspecified atom stereocenters. The summed E-state index contributed by atoms with van der Waals surface area (Å²) in [5.74, 6) is 1.03. The Morgan fingerprint density at radius 3 is 3.13 bits per heavy atom. The van der Waals surface area contributed by atoms with Crippen LogP contribution in [-0.2, 0) is 16.0 Å². The molecule has 2 aromatic heterocycles. The predicted octanol–water partition coefficient (Wildman–Crippen LogP) is 1.20. The number of hydrogen-bond donors (Lipinski definition) is 0. The molecule has 0 radical (unpaired) electrons. The number of carbonyl (C=O) groups is 1. The standard InChI is InChI=1S/C16H18N4O2S/c21-16(8-12-2-1-7-23-12)19-10-13-14(11-19)22-6-5-20(13)15-9-17-3-4-18-15/h1-4,7,9,13-14H,5-6,8,10-11H2/t13-,14+/m1/s1. The summed E-state index contributed by atoms with van der Waals surface area (Å²) in [6.07, 6.45) is 5.68. The second-order valence-electron chi connectivity index (χ2n) is 5.79. The number of amides is 1. The van der Waals surface area contributed by atoms with E-state index in [1.165, 1.54) is 0 Å². The van der Waals surface area contributed by atoms with Crippen molar-refractivity contribution in [3.8, 4) is 0 Å². The molecule has 2 atom stereocenters. The third kappa shape index (κ3) is 2.94. The summed E-state index contributed by atoms with van der Waals surface area (Å²) in [6, 6.07) is 4.15. The summed E-state index contributed by atoms with van der Waals surface area (Å²) in [5.41, 5.74) is 0. The monoisotopic (exact) mass is 330 g/mol. The van der Waals surface area contributed by atoms with Crippen molar-refractivity contribution in [2.75, 3.05) is 31.1 Å². The average molecular weight is 330 g/mol. The molecule has 0 aromatic carbocycles. The molecule has 23 heavy (non-hydrogen) atoms. The first-order chi connectivity index (χ1) is 11.3. The largest absolute Gasteiger partial charge is 0.372 e. The Hall–Kier alpha value is -1.99. The zero-order valence-electron chi connectivity index (χ0n) is 12.7. The van der Waals surface area contributed by atoms with Gasteiger partial charge in [-0.15, -0.1) is 11.3 Å². The second kappa shape index (κ2) is 6.25. The molecule has 0 saturated carbocycles. The topological polar surface area (TPSA) is 58.6 Å². The van der Waals surface area contributed by atoms with Crippen molar-refractivity contribution in [1.82, 2.24) is 14.9 Å². The van der Waals surface area contributed by atoms with Crippen LogP contribution in [-0.4, -0.2) is 59.2 Å². The van der Waals surface area contributed by atoms with Crippen molar-refractivity contribution in [2.24, 2.45) is 0 Å². The maximum absolute atomic E-state index is 12.5. The van der Waals surface area contributed by atoms with Crippen LogP contribution in [0.2, 0.25) is 0 Å². The van der Waals surface area contributed by atoms with Crippen LogP contribution in [0.25, 0.3) is 0 Å². The molecule has 4 heterocycles. The molecule has 6 nitrogen and oxygen atoms in total. The van der Waals surface area contributed by atoms with Gasteiger partial charge in [0.05, 0.1) is 31.4 Å². The lowest BCUT2D eigenvalue weighted by Crippen LogP contribution is -2.51. The minimum atomic E-state index is 0.0537. The summed E-state index contributed by atoms with van der Waals surface area (Å²) in [6.45, 7) is 2.79. The number of aromatic nitrogens is 2. The van der Waals surface area contributed by atoms with Crippen molar-refractivity contribution in [2.45, 2.75) is 18.6 Å². The van der Waals surface area contributed by atoms with Crippen LogP contribution in [0.3, 0.4) is 0 Å². The molecule has 2 aliphatic heterocycles. The molecular weight excluding hydrogens is 312 g/mol. The van der Waals surface area contributed by atoms with Crippen molar-refractivity contribution >= 4 is 23.1 Å². The van der Waals surface area contributed by atoms with E-state index >= 15 is 0 Å². The number of thiophene rings is 1. The predicted molar refractivity (Wildman–Crippen MR) is 87.5 cm³/mol. The van der Waals surface area contributed by atoms with Crippen LogP contribution in [0, 0.1) is 0 Å². The fourth-order valence-electron chi connectivity index (χ4n) is 3.29. The van der Waals surface area contributed by atoms with E-state index in [-0.39, 0.29) is 18.1 Å². The summed E-state index contributed by atoms with van der Waals surface area (Å²) in [7, 11) is 0. The SMILES string of the molecule is O=C(Cc1cccs1)N1C[C@@H]2OCCN(c3cnccn3)[C@@H]2C1. The molecule has 7 heteroatoms. The molecule has 1 amide bonds. The third-order valence-electron chi connectivity index (χ3n) is 4.40. The van der Waals surface area contributed by atoms with Gasteiger partial charge in [-0.05, 0) is 11.4 Å². The zero-order valence-corrected chi connectivity index (χ0v) is 13.5. The Morgan fingerprint density at radius 2 is 2.35 bits per heavy atom. The van der Waals surface area contributed by atoms with E-state index in [1.807, 2.05) is 22.4 Å². The van der Waals surface area contributed by atoms with Crippen molar-refractivity contribution in [1.29, 1.82) is 0 Å². The lowest BCUT2D eigenvalue weighted by molar-refractivity contribution is -0.129. The molecule has 0 spiro atoms. The first kappa shape index (κ1) is 14.6. The van der Waals surface area contributed by atoms with Gasteiger partial charge in [0.25, 0.3) is 0 Å². The van der Waals surface area contributed by atoms with Gasteiger partial charge in [0.1, 0.15) is 5.82 Å². The molecule has 4 rings (SSSR count). The highest BCUT2D eigenvalue weighted by Crippen LogP contribution is 2.27. The Kier molecular flexibility index (Phi) is 3.97. The van der Waals surface area contributed by atoms with Crippen LogP contribution in [0.15, 0.2) is 36.1 Å². The zero-order chi connectivity index (χ0) is 15.6. The second-order valence-corrected chi connectivity index (χ2v) is 6.82. The third-order valence-corrected chi connectivity index (χ3v) is 5.28. The number of rotatable bonds is 3. The van der Waals surface area contributed by atoms with Gasteiger partial charge in [0, 0.05) is 36.9 Å². The molecule has 2 aromatic rings. The molecule has 2 fully saturated rings. The average Bonchev–Trinajstić information content (AvgIpc) is 3.24. The Bertz CT molecular complexity index is 664. The lowest BCUT2D eigenvalue weighted by atomic mass is 10.1. The number of hydrogen-bond acceptors (Lipinski definition) is 6. The number of nitrogens with zero attached hydrogens (tertiary/aromatic N) is 4. The van der Waals surface area contributed by atoms with Crippen molar-refractivity contribution in [3.05, 3.63) is 41.0 Å².